The largest absolute Gasteiger partial charge is 0.350 e. The van der Waals surface area contributed by atoms with Crippen LogP contribution in [0.2, 0.25) is 0 Å². The van der Waals surface area contributed by atoms with Gasteiger partial charge in [0.2, 0.25) is 23.5 Å². The summed E-state index contributed by atoms with van der Waals surface area (Å²) in [5.74, 6) is -4.03. The molecule has 0 bridgehead atoms. The quantitative estimate of drug-likeness (QED) is 0.184. The molecular weight excluding hydrogens is 638 g/mol. The molecule has 1 aromatic heterocycles. The van der Waals surface area contributed by atoms with Crippen molar-refractivity contribution in [2.45, 2.75) is 142 Å². The molecule has 1 aromatic rings. The summed E-state index contributed by atoms with van der Waals surface area (Å²) in [6, 6.07) is -3.37. The van der Waals surface area contributed by atoms with Gasteiger partial charge in [0.25, 0.3) is 11.8 Å². The number of ketones is 1. The van der Waals surface area contributed by atoms with Crippen LogP contribution < -0.4 is 26.6 Å². The van der Waals surface area contributed by atoms with Crippen molar-refractivity contribution in [3.8, 4) is 0 Å². The average Bonchev–Trinajstić information content (AvgIpc) is 3.91. The van der Waals surface area contributed by atoms with Gasteiger partial charge in [0.15, 0.2) is 0 Å². The number of hydrogen-bond acceptors (Lipinski definition) is 8. The molecule has 13 nitrogen and oxygen atoms in total. The van der Waals surface area contributed by atoms with E-state index < -0.39 is 64.9 Å². The Bertz CT molecular complexity index is 1370. The second-order valence-corrected chi connectivity index (χ2v) is 15.8. The summed E-state index contributed by atoms with van der Waals surface area (Å²) in [4.78, 5) is 89.1. The summed E-state index contributed by atoms with van der Waals surface area (Å²) >= 11 is 0. The van der Waals surface area contributed by atoms with Crippen molar-refractivity contribution < 1.29 is 28.8 Å². The fourth-order valence-electron chi connectivity index (χ4n) is 7.37. The molecule has 1 unspecified atom stereocenters. The van der Waals surface area contributed by atoms with E-state index in [-0.39, 0.29) is 35.4 Å². The SMILES string of the molecule is CCCC(NC(=O)[C@H]1[C@@H](NC(=O)[C@@H](NC(=O)[C@@H](NC(=O)c2cnccn2)C2CCCCC2)C(C)(C)C)[C@H](C)CC[C@@H]1C)C(=O)C(=O)NC1CC1. The molecule has 0 spiro atoms. The van der Waals surface area contributed by atoms with Crippen molar-refractivity contribution in [3.05, 3.63) is 24.3 Å². The molecule has 7 atom stereocenters. The Balaban J connectivity index is 1.51. The molecule has 3 aliphatic carbocycles. The molecule has 1 heterocycles. The number of nitrogens with one attached hydrogen (secondary N) is 5. The third-order valence-electron chi connectivity index (χ3n) is 10.5. The predicted molar refractivity (Wildman–Crippen MR) is 187 cm³/mol. The van der Waals surface area contributed by atoms with Gasteiger partial charge in [-0.2, -0.15) is 0 Å². The standard InChI is InChI=1S/C37H57N7O6/c1-7-11-25(30(45)35(49)40-24-16-17-24)41-33(47)27-21(2)14-15-22(3)28(27)42-36(50)31(37(4,5)6)44-34(48)29(23-12-9-8-10-13-23)43-32(46)26-20-38-18-19-39-26/h18-25,27-29,31H,7-17H2,1-6H3,(H,40,49)(H,41,47)(H,42,50)(H,43,46)(H,44,48)/t21-,22+,25?,27+,28-,29-,31+/m0/s1. The normalized spacial score (nSPS) is 24.5. The van der Waals surface area contributed by atoms with E-state index in [0.717, 1.165) is 57.8 Å². The Morgan fingerprint density at radius 1 is 0.820 bits per heavy atom. The molecular formula is C37H57N7O6. The Labute approximate surface area is 296 Å². The highest BCUT2D eigenvalue weighted by molar-refractivity contribution is 6.38. The van der Waals surface area contributed by atoms with Crippen molar-refractivity contribution in [2.75, 3.05) is 0 Å². The van der Waals surface area contributed by atoms with Crippen LogP contribution in [-0.4, -0.2) is 75.5 Å². The summed E-state index contributed by atoms with van der Waals surface area (Å²) in [7, 11) is 0. The summed E-state index contributed by atoms with van der Waals surface area (Å²) in [6.45, 7) is 11.4. The first-order valence-corrected chi connectivity index (χ1v) is 18.5. The second-order valence-electron chi connectivity index (χ2n) is 15.8. The highest BCUT2D eigenvalue weighted by atomic mass is 16.2. The second kappa shape index (κ2) is 17.4. The van der Waals surface area contributed by atoms with E-state index in [1.54, 1.807) is 0 Å². The average molecular weight is 696 g/mol. The van der Waals surface area contributed by atoms with Crippen LogP contribution in [0.3, 0.4) is 0 Å². The van der Waals surface area contributed by atoms with Gasteiger partial charge in [-0.1, -0.05) is 67.2 Å². The van der Waals surface area contributed by atoms with Crippen molar-refractivity contribution in [1.29, 1.82) is 0 Å². The molecule has 0 aliphatic heterocycles. The summed E-state index contributed by atoms with van der Waals surface area (Å²) in [5, 5.41) is 14.6. The van der Waals surface area contributed by atoms with Gasteiger partial charge in [0.1, 0.15) is 17.8 Å². The number of hydrogen-bond donors (Lipinski definition) is 5. The van der Waals surface area contributed by atoms with Crippen LogP contribution in [0.15, 0.2) is 18.6 Å². The minimum absolute atomic E-state index is 0.0203. The van der Waals surface area contributed by atoms with Crippen LogP contribution in [0.25, 0.3) is 0 Å². The first-order valence-electron chi connectivity index (χ1n) is 18.5. The van der Waals surface area contributed by atoms with Gasteiger partial charge in [0, 0.05) is 24.5 Å². The molecule has 13 heteroatoms. The molecule has 3 fully saturated rings. The van der Waals surface area contributed by atoms with E-state index in [1.807, 2.05) is 41.5 Å². The van der Waals surface area contributed by atoms with Crippen molar-refractivity contribution in [3.63, 3.8) is 0 Å². The zero-order chi connectivity index (χ0) is 36.6. The lowest BCUT2D eigenvalue weighted by molar-refractivity contribution is -0.141. The van der Waals surface area contributed by atoms with E-state index >= 15 is 0 Å². The maximum Gasteiger partial charge on any atom is 0.289 e. The molecule has 50 heavy (non-hydrogen) atoms. The summed E-state index contributed by atoms with van der Waals surface area (Å²) < 4.78 is 0. The Morgan fingerprint density at radius 2 is 1.50 bits per heavy atom. The summed E-state index contributed by atoms with van der Waals surface area (Å²) in [5.41, 5.74) is -0.622. The highest BCUT2D eigenvalue weighted by Gasteiger charge is 2.45. The van der Waals surface area contributed by atoms with Crippen LogP contribution >= 0.6 is 0 Å². The molecule has 4 rings (SSSR count). The number of nitrogens with zero attached hydrogens (tertiary/aromatic N) is 2. The maximum atomic E-state index is 14.2. The minimum Gasteiger partial charge on any atom is -0.350 e. The predicted octanol–water partition coefficient (Wildman–Crippen LogP) is 2.99. The number of amides is 5. The lowest BCUT2D eigenvalue weighted by Crippen LogP contribution is -2.63. The van der Waals surface area contributed by atoms with Crippen LogP contribution in [0, 0.1) is 29.1 Å². The minimum atomic E-state index is -0.983. The van der Waals surface area contributed by atoms with Gasteiger partial charge in [-0.25, -0.2) is 4.98 Å². The molecule has 3 aliphatic rings. The molecule has 0 saturated heterocycles. The van der Waals surface area contributed by atoms with Crippen molar-refractivity contribution in [2.24, 2.45) is 29.1 Å². The van der Waals surface area contributed by atoms with E-state index in [4.69, 9.17) is 0 Å². The van der Waals surface area contributed by atoms with Gasteiger partial charge < -0.3 is 26.6 Å². The van der Waals surface area contributed by atoms with Crippen molar-refractivity contribution >= 4 is 35.3 Å². The smallest absolute Gasteiger partial charge is 0.289 e. The molecule has 0 radical (unpaired) electrons. The zero-order valence-corrected chi connectivity index (χ0v) is 30.6. The number of carbonyl (C=O) groups excluding carboxylic acids is 6. The molecule has 3 saturated carbocycles. The number of aromatic nitrogens is 2. The summed E-state index contributed by atoms with van der Waals surface area (Å²) in [6.07, 6.45) is 12.8. The van der Waals surface area contributed by atoms with E-state index in [1.165, 1.54) is 18.6 Å². The third-order valence-corrected chi connectivity index (χ3v) is 10.5. The number of Topliss-reactive ketones (excluding diaryl/α,β-unsaturated/α-hetero) is 1. The Hall–Kier alpha value is -3.90. The van der Waals surface area contributed by atoms with Gasteiger partial charge in [-0.15, -0.1) is 0 Å². The lowest BCUT2D eigenvalue weighted by Gasteiger charge is -2.42. The fraction of sp³-hybridized carbons (Fsp3) is 0.730. The van der Waals surface area contributed by atoms with E-state index in [2.05, 4.69) is 36.6 Å². The number of rotatable bonds is 14. The van der Waals surface area contributed by atoms with E-state index in [0.29, 0.717) is 12.8 Å². The monoisotopic (exact) mass is 695 g/mol. The topological polar surface area (TPSA) is 188 Å². The fourth-order valence-corrected chi connectivity index (χ4v) is 7.37. The van der Waals surface area contributed by atoms with Gasteiger partial charge in [-0.3, -0.25) is 33.8 Å². The van der Waals surface area contributed by atoms with Crippen molar-refractivity contribution in [1.82, 2.24) is 36.6 Å². The Kier molecular flexibility index (Phi) is 13.5. The first-order chi connectivity index (χ1) is 23.7. The Morgan fingerprint density at radius 3 is 2.10 bits per heavy atom. The molecule has 5 amide bonds. The molecule has 5 N–H and O–H groups in total. The number of carbonyl (C=O) groups is 6. The highest BCUT2D eigenvalue weighted by Crippen LogP contribution is 2.35. The lowest BCUT2D eigenvalue weighted by atomic mass is 9.70. The van der Waals surface area contributed by atoms with Gasteiger partial charge >= 0.3 is 0 Å². The van der Waals surface area contributed by atoms with Crippen LogP contribution in [0.5, 0.6) is 0 Å². The van der Waals surface area contributed by atoms with Crippen LogP contribution in [0.1, 0.15) is 123 Å². The van der Waals surface area contributed by atoms with E-state index in [9.17, 15) is 28.8 Å². The van der Waals surface area contributed by atoms with Gasteiger partial charge in [-0.05, 0) is 68.1 Å². The van der Waals surface area contributed by atoms with Gasteiger partial charge in [0.05, 0.1) is 18.2 Å². The first kappa shape index (κ1) is 38.9. The van der Waals surface area contributed by atoms with Crippen LogP contribution in [0.4, 0.5) is 0 Å². The molecule has 276 valence electrons. The van der Waals surface area contributed by atoms with Crippen LogP contribution in [-0.2, 0) is 24.0 Å². The zero-order valence-electron chi connectivity index (χ0n) is 30.6. The maximum absolute atomic E-state index is 14.2. The third kappa shape index (κ3) is 10.3. The molecule has 0 aromatic carbocycles.